The normalized spacial score (nSPS) is 12.2. The fraction of sp³-hybridized carbons (Fsp3) is 0.0481. The van der Waals surface area contributed by atoms with E-state index >= 15 is 0 Å². The smallest absolute Gasteiger partial charge is 0.337 e. The molecule has 4 aliphatic carbocycles. The Hall–Kier alpha value is -12.5. The highest BCUT2D eigenvalue weighted by Gasteiger charge is 2.41. The number of para-hydroxylation sites is 1. The molecule has 17 aromatic rings. The Balaban J connectivity index is 0.000000127. The van der Waals surface area contributed by atoms with E-state index in [1.165, 1.54) is 76.6 Å². The third kappa shape index (κ3) is 14.9. The van der Waals surface area contributed by atoms with E-state index in [9.17, 15) is 29.1 Å². The quantitative estimate of drug-likeness (QED) is 0.0734. The molecule has 13 heteroatoms. The number of phenols is 1. The first-order valence-electron chi connectivity index (χ1n) is 36.8. The number of carboxylic acids is 1. The van der Waals surface area contributed by atoms with Gasteiger partial charge in [0.05, 0.1) is 5.56 Å². The summed E-state index contributed by atoms with van der Waals surface area (Å²) in [5.41, 5.74) is 26.0. The summed E-state index contributed by atoms with van der Waals surface area (Å²) in [6.07, 6.45) is 0.691. The van der Waals surface area contributed by atoms with Crippen LogP contribution < -0.4 is 5.73 Å². The molecule has 4 N–H and O–H groups in total. The number of hydrogen-bond acceptors (Lipinski definition) is 7. The zero-order valence-electron chi connectivity index (χ0n) is 60.5. The monoisotopic (exact) mass is 1760 g/mol. The van der Waals surface area contributed by atoms with Gasteiger partial charge in [0.15, 0.2) is 5.78 Å². The lowest BCUT2D eigenvalue weighted by Gasteiger charge is -2.21. The van der Waals surface area contributed by atoms with Crippen LogP contribution in [-0.2, 0) is 22.4 Å². The minimum absolute atomic E-state index is 0. The maximum absolute atomic E-state index is 13.9. The number of nitrogens with two attached hydrogens (primary N) is 1. The van der Waals surface area contributed by atoms with Crippen molar-refractivity contribution in [3.05, 3.63) is 401 Å². The molecule has 17 aromatic carbocycles. The first kappa shape index (κ1) is 81.1. The third-order valence-corrected chi connectivity index (χ3v) is 24.0. The molecule has 21 rings (SSSR count). The molecule has 0 aliphatic heterocycles. The van der Waals surface area contributed by atoms with Gasteiger partial charge in [0.2, 0.25) is 11.6 Å². The Morgan fingerprint density at radius 1 is 0.325 bits per heavy atom. The molecule has 0 saturated carbocycles. The lowest BCUT2D eigenvalue weighted by molar-refractivity contribution is -0.117. The summed E-state index contributed by atoms with van der Waals surface area (Å²) in [6.45, 7) is 0. The van der Waals surface area contributed by atoms with Gasteiger partial charge in [-0.1, -0.05) is 354 Å². The number of Topliss-reactive ketones (excluding diaryl/α,β-unsaturated/α-hetero) is 4. The Bertz CT molecular complexity index is 6980. The average molecular weight is 1760 g/mol. The fourth-order valence-electron chi connectivity index (χ4n) is 16.3. The SMILES string of the molecule is C.C.C.Clc1ccccc1-c1c2c(c(-c3ccccc3)c3cc4ccccc4cc13)-c1cccc3c(Br)ccc-2c13.Nc1cc2ccccc2cc1C(=O)O.O=C(Cc1ccccc1)Cc1ccccc1O.O=C1C(=O)c2ccc(Br)c3cccc1c23.O=C1C(c2ccccc2)=C2C(=C1c1ccccc1Cl)c1ccc(Br)c3cccc2c13. The second-order valence-corrected chi connectivity index (χ2v) is 31.4. The summed E-state index contributed by atoms with van der Waals surface area (Å²) < 4.78 is 3.07. The predicted octanol–water partition coefficient (Wildman–Crippen LogP) is 29.0. The van der Waals surface area contributed by atoms with Crippen LogP contribution >= 0.6 is 71.0 Å². The lowest BCUT2D eigenvalue weighted by atomic mass is 9.82. The van der Waals surface area contributed by atoms with E-state index in [0.717, 1.165) is 95.5 Å². The highest BCUT2D eigenvalue weighted by atomic mass is 79.9. The lowest BCUT2D eigenvalue weighted by Crippen LogP contribution is -2.06. The molecule has 0 amide bonds. The average Bonchev–Trinajstić information content (AvgIpc) is 1.56. The second kappa shape index (κ2) is 34.2. The van der Waals surface area contributed by atoms with E-state index in [1.807, 2.05) is 133 Å². The van der Waals surface area contributed by atoms with Gasteiger partial charge >= 0.3 is 5.97 Å². The van der Waals surface area contributed by atoms with Gasteiger partial charge in [-0.15, -0.1) is 0 Å². The summed E-state index contributed by atoms with van der Waals surface area (Å²) in [5, 5.41) is 33.1. The fourth-order valence-corrected chi connectivity index (χ4v) is 18.1. The Labute approximate surface area is 713 Å². The van der Waals surface area contributed by atoms with Gasteiger partial charge in [-0.3, -0.25) is 19.2 Å². The van der Waals surface area contributed by atoms with Crippen LogP contribution in [0.1, 0.15) is 86.7 Å². The molecule has 8 nitrogen and oxygen atoms in total. The van der Waals surface area contributed by atoms with Crippen molar-refractivity contribution in [3.63, 3.8) is 0 Å². The number of halogens is 5. The molecule has 0 bridgehead atoms. The van der Waals surface area contributed by atoms with Crippen molar-refractivity contribution >= 4 is 193 Å². The number of anilines is 1. The van der Waals surface area contributed by atoms with Crippen molar-refractivity contribution in [3.8, 4) is 50.3 Å². The van der Waals surface area contributed by atoms with E-state index < -0.39 is 17.5 Å². The molecule has 572 valence electrons. The van der Waals surface area contributed by atoms with E-state index in [2.05, 4.69) is 187 Å². The van der Waals surface area contributed by atoms with Gasteiger partial charge in [0, 0.05) is 97.5 Å². The molecule has 0 unspecified atom stereocenters. The number of aromatic hydroxyl groups is 1. The highest BCUT2D eigenvalue weighted by Crippen LogP contribution is 2.61. The largest absolute Gasteiger partial charge is 0.508 e. The summed E-state index contributed by atoms with van der Waals surface area (Å²) in [5.74, 6) is -1.45. The molecule has 4 aliphatic rings. The van der Waals surface area contributed by atoms with Crippen LogP contribution in [0.4, 0.5) is 5.69 Å². The Kier molecular flexibility index (Phi) is 23.7. The molecule has 0 radical (unpaired) electrons. The first-order valence-corrected chi connectivity index (χ1v) is 39.9. The summed E-state index contributed by atoms with van der Waals surface area (Å²) in [7, 11) is 0. The van der Waals surface area contributed by atoms with Crippen LogP contribution in [0, 0.1) is 0 Å². The van der Waals surface area contributed by atoms with Gasteiger partial charge < -0.3 is 15.9 Å². The highest BCUT2D eigenvalue weighted by molar-refractivity contribution is 9.11. The number of fused-ring (bicyclic) bond motifs is 9. The van der Waals surface area contributed by atoms with Crippen molar-refractivity contribution in [2.45, 2.75) is 35.1 Å². The molecule has 0 fully saturated rings. The van der Waals surface area contributed by atoms with Crippen LogP contribution in [0.15, 0.2) is 341 Å². The second-order valence-electron chi connectivity index (χ2n) is 28.0. The number of nitrogen functional groups attached to an aromatic ring is 1. The number of phenolic OH excluding ortho intramolecular Hbond substituents is 1. The van der Waals surface area contributed by atoms with Crippen molar-refractivity contribution in [2.75, 3.05) is 5.73 Å². The number of rotatable bonds is 9. The minimum atomic E-state index is -0.992. The number of carbonyl (C=O) groups excluding carboxylic acids is 4. The van der Waals surface area contributed by atoms with Crippen LogP contribution in [0.5, 0.6) is 5.75 Å². The van der Waals surface area contributed by atoms with Crippen molar-refractivity contribution < 1.29 is 34.2 Å². The molecule has 0 spiro atoms. The Morgan fingerprint density at radius 2 is 0.718 bits per heavy atom. The third-order valence-electron chi connectivity index (χ3n) is 21.3. The number of allylic oxidation sites excluding steroid dienone is 4. The van der Waals surface area contributed by atoms with E-state index in [0.29, 0.717) is 39.4 Å². The van der Waals surface area contributed by atoms with Crippen molar-refractivity contribution in [1.29, 1.82) is 0 Å². The first-order chi connectivity index (χ1) is 55.5. The zero-order valence-corrected chi connectivity index (χ0v) is 66.8. The van der Waals surface area contributed by atoms with Crippen molar-refractivity contribution in [1.82, 2.24) is 0 Å². The van der Waals surface area contributed by atoms with Gasteiger partial charge in [-0.25, -0.2) is 4.79 Å². The van der Waals surface area contributed by atoms with Gasteiger partial charge in [-0.2, -0.15) is 0 Å². The van der Waals surface area contributed by atoms with E-state index in [4.69, 9.17) is 34.0 Å². The molecule has 0 heterocycles. The predicted molar refractivity (Wildman–Crippen MR) is 498 cm³/mol. The zero-order chi connectivity index (χ0) is 78.6. The molecular weight excluding hydrogens is 1690 g/mol. The summed E-state index contributed by atoms with van der Waals surface area (Å²) >= 11 is 24.5. The maximum Gasteiger partial charge on any atom is 0.337 e. The van der Waals surface area contributed by atoms with Gasteiger partial charge in [0.25, 0.3) is 0 Å². The number of carbonyl (C=O) groups is 5. The van der Waals surface area contributed by atoms with Crippen LogP contribution in [0.2, 0.25) is 10.0 Å². The Morgan fingerprint density at radius 3 is 1.28 bits per heavy atom. The molecular formula is C104H74Br3Cl2NO7. The minimum Gasteiger partial charge on any atom is -0.508 e. The topological polar surface area (TPSA) is 152 Å². The summed E-state index contributed by atoms with van der Waals surface area (Å²) in [6, 6.07) is 108. The number of hydrogen-bond donors (Lipinski definition) is 3. The maximum atomic E-state index is 13.9. The van der Waals surface area contributed by atoms with E-state index in [1.54, 1.807) is 54.6 Å². The standard InChI is InChI=1S/C36H20BrCl.C27H14BrClO.C15H14O2.C12H5BrO2.C11H9NO2.3CH4/c37-30-18-17-27-33-24(30)14-8-15-26(33)35-32(21-9-2-1-3-10-21)28-19-22-11-4-5-12-23(22)20-29(28)34(36(27)35)25-13-6-7-16-31(25)38;28-20-14-13-19-23-16(20)10-6-11-18(23)24-22(15-7-2-1-3-8-15)27(30)26(25(19)24)17-9-4-5-12-21(17)29;16-14(10-12-6-2-1-3-7-12)11-13-8-4-5-9-15(13)17;13-9-5-4-8-10-6(9)2-1-3-7(10)11(14)12(8)15;12-10-6-8-4-2-1-3-7(8)5-9(10)11(13)14;;;/h1-20H;1-14H;1-9,17H,10-11H2;1-5H;1-6H,12H2,(H,13,14);3*1H4. The molecule has 0 aromatic heterocycles. The number of ketones is 4. The molecule has 0 saturated heterocycles. The molecule has 0 atom stereocenters. The van der Waals surface area contributed by atoms with E-state index in [-0.39, 0.29) is 51.6 Å². The van der Waals surface area contributed by atoms with Crippen LogP contribution in [0.3, 0.4) is 0 Å². The van der Waals surface area contributed by atoms with Gasteiger partial charge in [-0.05, 0) is 187 Å². The number of benzene rings is 17. The van der Waals surface area contributed by atoms with Crippen LogP contribution in [0.25, 0.3) is 131 Å². The van der Waals surface area contributed by atoms with Crippen LogP contribution in [-0.4, -0.2) is 39.3 Å². The van der Waals surface area contributed by atoms with Crippen molar-refractivity contribution in [2.24, 2.45) is 0 Å². The number of aromatic carboxylic acids is 1. The number of carboxylic acid groups (broad SMARTS) is 1. The summed E-state index contributed by atoms with van der Waals surface area (Å²) in [4.78, 5) is 59.7. The van der Waals surface area contributed by atoms with Gasteiger partial charge in [0.1, 0.15) is 11.5 Å². The molecule has 117 heavy (non-hydrogen) atoms.